The average Bonchev–Trinajstić information content (AvgIpc) is 2.83. The van der Waals surface area contributed by atoms with Gasteiger partial charge in [0, 0.05) is 18.2 Å². The topological polar surface area (TPSA) is 12.0 Å². The van der Waals surface area contributed by atoms with E-state index in [0.717, 1.165) is 24.3 Å². The summed E-state index contributed by atoms with van der Waals surface area (Å²) in [6, 6.07) is 6.86. The van der Waals surface area contributed by atoms with Gasteiger partial charge < -0.3 is 5.32 Å². The molecule has 1 heteroatoms. The molecule has 0 radical (unpaired) electrons. The number of benzene rings is 1. The van der Waals surface area contributed by atoms with Crippen LogP contribution in [0.5, 0.6) is 0 Å². The quantitative estimate of drug-likeness (QED) is 0.748. The van der Waals surface area contributed by atoms with Gasteiger partial charge in [-0.3, -0.25) is 0 Å². The Labute approximate surface area is 98.3 Å². The van der Waals surface area contributed by atoms with Gasteiger partial charge in [-0.1, -0.05) is 37.5 Å². The highest BCUT2D eigenvalue weighted by atomic mass is 14.9. The number of nitrogens with one attached hydrogen (secondary N) is 1. The standard InChI is InChI=1S/C15H21N/c1-10-6-7-15-13(8-10)14(9-16-15)12-5-3-4-11(12)2/h6-8,11-12,14,16H,3-5,9H2,1-2H3. The second-order valence-electron chi connectivity index (χ2n) is 5.65. The van der Waals surface area contributed by atoms with Crippen LogP contribution in [0.15, 0.2) is 18.2 Å². The van der Waals surface area contributed by atoms with E-state index in [9.17, 15) is 0 Å². The Hall–Kier alpha value is -0.980. The second kappa shape index (κ2) is 3.80. The molecule has 86 valence electrons. The summed E-state index contributed by atoms with van der Waals surface area (Å²) in [4.78, 5) is 0. The van der Waals surface area contributed by atoms with Crippen molar-refractivity contribution < 1.29 is 0 Å². The first kappa shape index (κ1) is 10.2. The van der Waals surface area contributed by atoms with E-state index >= 15 is 0 Å². The van der Waals surface area contributed by atoms with Crippen molar-refractivity contribution in [2.24, 2.45) is 11.8 Å². The summed E-state index contributed by atoms with van der Waals surface area (Å²) in [5.74, 6) is 2.60. The molecule has 0 aromatic heterocycles. The lowest BCUT2D eigenvalue weighted by molar-refractivity contribution is 0.361. The first-order chi connectivity index (χ1) is 7.75. The van der Waals surface area contributed by atoms with Crippen molar-refractivity contribution in [3.8, 4) is 0 Å². The molecule has 1 N–H and O–H groups in total. The minimum atomic E-state index is 0.771. The summed E-state index contributed by atoms with van der Waals surface area (Å²) in [5, 5.41) is 3.57. The van der Waals surface area contributed by atoms with Crippen molar-refractivity contribution in [2.45, 2.75) is 39.0 Å². The maximum absolute atomic E-state index is 3.57. The molecule has 0 bridgehead atoms. The van der Waals surface area contributed by atoms with Crippen LogP contribution in [0.1, 0.15) is 43.2 Å². The Morgan fingerprint density at radius 3 is 2.88 bits per heavy atom. The third-order valence-corrected chi connectivity index (χ3v) is 4.56. The van der Waals surface area contributed by atoms with Crippen LogP contribution >= 0.6 is 0 Å². The zero-order valence-electron chi connectivity index (χ0n) is 10.3. The van der Waals surface area contributed by atoms with Crippen molar-refractivity contribution in [2.75, 3.05) is 11.9 Å². The first-order valence-electron chi connectivity index (χ1n) is 6.60. The fraction of sp³-hybridized carbons (Fsp3) is 0.600. The maximum Gasteiger partial charge on any atom is 0.0376 e. The van der Waals surface area contributed by atoms with Gasteiger partial charge in [-0.2, -0.15) is 0 Å². The Kier molecular flexibility index (Phi) is 2.42. The van der Waals surface area contributed by atoms with Gasteiger partial charge in [0.05, 0.1) is 0 Å². The number of hydrogen-bond donors (Lipinski definition) is 1. The normalized spacial score (nSPS) is 32.5. The molecule has 1 heterocycles. The Bertz CT molecular complexity index is 396. The predicted octanol–water partition coefficient (Wildman–Crippen LogP) is 3.94. The van der Waals surface area contributed by atoms with E-state index in [1.165, 1.54) is 30.5 Å². The highest BCUT2D eigenvalue weighted by molar-refractivity contribution is 5.59. The Balaban J connectivity index is 1.93. The van der Waals surface area contributed by atoms with E-state index in [1.54, 1.807) is 5.56 Å². The van der Waals surface area contributed by atoms with Crippen molar-refractivity contribution in [1.29, 1.82) is 0 Å². The molecule has 1 aliphatic carbocycles. The van der Waals surface area contributed by atoms with Gasteiger partial charge in [0.15, 0.2) is 0 Å². The van der Waals surface area contributed by atoms with E-state index in [-0.39, 0.29) is 0 Å². The largest absolute Gasteiger partial charge is 0.384 e. The second-order valence-corrected chi connectivity index (χ2v) is 5.65. The third kappa shape index (κ3) is 1.53. The molecule has 0 saturated heterocycles. The molecule has 3 atom stereocenters. The van der Waals surface area contributed by atoms with Gasteiger partial charge in [0.1, 0.15) is 0 Å². The van der Waals surface area contributed by atoms with E-state index < -0.39 is 0 Å². The molecule has 1 fully saturated rings. The molecule has 1 saturated carbocycles. The average molecular weight is 215 g/mol. The van der Waals surface area contributed by atoms with E-state index in [1.807, 2.05) is 0 Å². The molecule has 1 nitrogen and oxygen atoms in total. The molecular weight excluding hydrogens is 194 g/mol. The maximum atomic E-state index is 3.57. The summed E-state index contributed by atoms with van der Waals surface area (Å²) in [6.45, 7) is 5.80. The number of aryl methyl sites for hydroxylation is 1. The van der Waals surface area contributed by atoms with Crippen LogP contribution in [0.3, 0.4) is 0 Å². The van der Waals surface area contributed by atoms with Gasteiger partial charge in [0.25, 0.3) is 0 Å². The smallest absolute Gasteiger partial charge is 0.0376 e. The van der Waals surface area contributed by atoms with Crippen LogP contribution in [0.25, 0.3) is 0 Å². The van der Waals surface area contributed by atoms with Crippen LogP contribution in [0.2, 0.25) is 0 Å². The Morgan fingerprint density at radius 1 is 1.25 bits per heavy atom. The van der Waals surface area contributed by atoms with Crippen molar-refractivity contribution >= 4 is 5.69 Å². The molecule has 3 unspecified atom stereocenters. The molecule has 2 aliphatic rings. The summed E-state index contributed by atoms with van der Waals surface area (Å²) in [6.07, 6.45) is 4.30. The van der Waals surface area contributed by atoms with Crippen molar-refractivity contribution in [3.05, 3.63) is 29.3 Å². The van der Waals surface area contributed by atoms with Crippen LogP contribution in [0.4, 0.5) is 5.69 Å². The van der Waals surface area contributed by atoms with Crippen LogP contribution < -0.4 is 5.32 Å². The molecule has 3 rings (SSSR count). The predicted molar refractivity (Wildman–Crippen MR) is 68.9 cm³/mol. The molecule has 16 heavy (non-hydrogen) atoms. The highest BCUT2D eigenvalue weighted by Gasteiger charge is 2.35. The molecule has 0 spiro atoms. The first-order valence-corrected chi connectivity index (χ1v) is 6.60. The molecule has 0 amide bonds. The Morgan fingerprint density at radius 2 is 2.12 bits per heavy atom. The number of fused-ring (bicyclic) bond motifs is 1. The number of anilines is 1. The van der Waals surface area contributed by atoms with Crippen LogP contribution in [0, 0.1) is 18.8 Å². The van der Waals surface area contributed by atoms with E-state index in [2.05, 4.69) is 37.4 Å². The highest BCUT2D eigenvalue weighted by Crippen LogP contribution is 2.46. The fourth-order valence-corrected chi connectivity index (χ4v) is 3.63. The molecular formula is C15H21N. The number of hydrogen-bond acceptors (Lipinski definition) is 1. The monoisotopic (exact) mass is 215 g/mol. The van der Waals surface area contributed by atoms with Gasteiger partial charge >= 0.3 is 0 Å². The minimum Gasteiger partial charge on any atom is -0.384 e. The van der Waals surface area contributed by atoms with Crippen molar-refractivity contribution in [3.63, 3.8) is 0 Å². The number of rotatable bonds is 1. The van der Waals surface area contributed by atoms with Crippen molar-refractivity contribution in [1.82, 2.24) is 0 Å². The summed E-state index contributed by atoms with van der Waals surface area (Å²) >= 11 is 0. The van der Waals surface area contributed by atoms with Gasteiger partial charge in [-0.25, -0.2) is 0 Å². The van der Waals surface area contributed by atoms with E-state index in [4.69, 9.17) is 0 Å². The van der Waals surface area contributed by atoms with Gasteiger partial charge in [-0.15, -0.1) is 0 Å². The summed E-state index contributed by atoms with van der Waals surface area (Å²) in [5.41, 5.74) is 4.37. The summed E-state index contributed by atoms with van der Waals surface area (Å²) < 4.78 is 0. The fourth-order valence-electron chi connectivity index (χ4n) is 3.63. The van der Waals surface area contributed by atoms with Crippen LogP contribution in [-0.4, -0.2) is 6.54 Å². The van der Waals surface area contributed by atoms with E-state index in [0.29, 0.717) is 0 Å². The van der Waals surface area contributed by atoms with Gasteiger partial charge in [0.2, 0.25) is 0 Å². The zero-order valence-corrected chi connectivity index (χ0v) is 10.3. The summed E-state index contributed by atoms with van der Waals surface area (Å²) in [7, 11) is 0. The molecule has 1 aromatic carbocycles. The lowest BCUT2D eigenvalue weighted by Gasteiger charge is -2.23. The lowest BCUT2D eigenvalue weighted by atomic mass is 9.81. The zero-order chi connectivity index (χ0) is 11.1. The molecule has 1 aromatic rings. The lowest BCUT2D eigenvalue weighted by Crippen LogP contribution is -2.17. The van der Waals surface area contributed by atoms with Crippen LogP contribution in [-0.2, 0) is 0 Å². The van der Waals surface area contributed by atoms with Gasteiger partial charge in [-0.05, 0) is 36.8 Å². The minimum absolute atomic E-state index is 0.771. The third-order valence-electron chi connectivity index (χ3n) is 4.56. The SMILES string of the molecule is Cc1ccc2c(c1)C(C1CCCC1C)CN2. The molecule has 1 aliphatic heterocycles.